The topological polar surface area (TPSA) is 54.0 Å². The van der Waals surface area contributed by atoms with Crippen LogP contribution >= 0.6 is 0 Å². The van der Waals surface area contributed by atoms with Gasteiger partial charge in [0.25, 0.3) is 0 Å². The van der Waals surface area contributed by atoms with E-state index in [1.807, 2.05) is 12.1 Å². The molecule has 4 fully saturated rings. The summed E-state index contributed by atoms with van der Waals surface area (Å²) in [4.78, 5) is 2.45. The van der Waals surface area contributed by atoms with Gasteiger partial charge in [-0.3, -0.25) is 4.90 Å². The first-order chi connectivity index (χ1) is 17.2. The van der Waals surface area contributed by atoms with Crippen LogP contribution in [0.3, 0.4) is 0 Å². The molecule has 35 heavy (non-hydrogen) atoms. The van der Waals surface area contributed by atoms with E-state index >= 15 is 0 Å². The van der Waals surface area contributed by atoms with Crippen LogP contribution in [0.2, 0.25) is 0 Å². The number of fused-ring (bicyclic) bond motifs is 4. The third kappa shape index (κ3) is 3.92. The molecule has 1 saturated heterocycles. The highest BCUT2D eigenvalue weighted by Crippen LogP contribution is 2.75. The fraction of sp³-hybridized carbons (Fsp3) is 0.600. The summed E-state index contributed by atoms with van der Waals surface area (Å²) in [5, 5.41) is 13.7. The van der Waals surface area contributed by atoms with Crippen molar-refractivity contribution >= 4 is 5.69 Å². The lowest BCUT2D eigenvalue weighted by atomic mass is 9.57. The zero-order valence-electron chi connectivity index (χ0n) is 20.6. The highest BCUT2D eigenvalue weighted by molar-refractivity contribution is 5.47. The quantitative estimate of drug-likeness (QED) is 0.614. The molecule has 1 spiro atoms. The summed E-state index contributed by atoms with van der Waals surface area (Å²) in [7, 11) is 0. The van der Waals surface area contributed by atoms with Gasteiger partial charge in [-0.2, -0.15) is 0 Å². The van der Waals surface area contributed by atoms with Gasteiger partial charge in [-0.15, -0.1) is 0 Å². The van der Waals surface area contributed by atoms with E-state index in [2.05, 4.69) is 40.5 Å². The predicted molar refractivity (Wildman–Crippen MR) is 137 cm³/mol. The van der Waals surface area contributed by atoms with Crippen molar-refractivity contribution in [3.8, 4) is 11.5 Å². The Hall–Kier alpha value is -2.24. The second kappa shape index (κ2) is 8.70. The number of aromatic hydroxyl groups is 1. The summed E-state index contributed by atoms with van der Waals surface area (Å²) in [6.07, 6.45) is 8.03. The van der Waals surface area contributed by atoms with Crippen LogP contribution in [0.5, 0.6) is 11.5 Å². The summed E-state index contributed by atoms with van der Waals surface area (Å²) in [5.74, 6) is 4.37. The minimum atomic E-state index is 0.225. The molecule has 3 saturated carbocycles. The summed E-state index contributed by atoms with van der Waals surface area (Å²) in [5.41, 5.74) is 4.48. The molecule has 4 aliphatic carbocycles. The summed E-state index contributed by atoms with van der Waals surface area (Å²) in [6, 6.07) is 14.7. The fourth-order valence-electron chi connectivity index (χ4n) is 8.37. The van der Waals surface area contributed by atoms with Crippen molar-refractivity contribution in [2.45, 2.75) is 50.5 Å². The van der Waals surface area contributed by atoms with Crippen molar-refractivity contribution in [2.75, 3.05) is 44.7 Å². The first-order valence-electron chi connectivity index (χ1n) is 13.8. The monoisotopic (exact) mass is 474 g/mol. The molecule has 5 heteroatoms. The lowest BCUT2D eigenvalue weighted by Crippen LogP contribution is -2.46. The minimum absolute atomic E-state index is 0.225. The second-order valence-electron chi connectivity index (χ2n) is 11.7. The minimum Gasteiger partial charge on any atom is -0.508 e. The Morgan fingerprint density at radius 2 is 1.89 bits per heavy atom. The molecule has 2 aromatic carbocycles. The van der Waals surface area contributed by atoms with Gasteiger partial charge in [-0.25, -0.2) is 0 Å². The third-order valence-electron chi connectivity index (χ3n) is 10.0. The molecule has 2 N–H and O–H groups in total. The van der Waals surface area contributed by atoms with Gasteiger partial charge in [0.15, 0.2) is 0 Å². The molecule has 3 unspecified atom stereocenters. The number of morpholine rings is 1. The molecule has 0 amide bonds. The van der Waals surface area contributed by atoms with Crippen LogP contribution in [0.25, 0.3) is 0 Å². The lowest BCUT2D eigenvalue weighted by Gasteiger charge is -2.49. The Bertz CT molecular complexity index is 1070. The van der Waals surface area contributed by atoms with Crippen LogP contribution in [0.1, 0.15) is 49.1 Å². The number of ether oxygens (including phenoxy) is 2. The number of benzene rings is 2. The van der Waals surface area contributed by atoms with Crippen molar-refractivity contribution in [2.24, 2.45) is 23.2 Å². The van der Waals surface area contributed by atoms with E-state index in [9.17, 15) is 5.11 Å². The lowest BCUT2D eigenvalue weighted by molar-refractivity contribution is 0.00359. The Morgan fingerprint density at radius 3 is 2.71 bits per heavy atom. The van der Waals surface area contributed by atoms with Gasteiger partial charge in [-0.1, -0.05) is 6.07 Å². The van der Waals surface area contributed by atoms with Gasteiger partial charge in [-0.05, 0) is 109 Å². The molecule has 2 aromatic rings. The molecule has 0 aromatic heterocycles. The SMILES string of the molecule is Oc1ccc2c(c1)CC[C@H]1C3CCC4CC43C[C@H](Oc3ccc(NCCN4CCOCC4)cc3)[C@H]21. The predicted octanol–water partition coefficient (Wildman–Crippen LogP) is 5.05. The Morgan fingerprint density at radius 1 is 1.03 bits per heavy atom. The smallest absolute Gasteiger partial charge is 0.119 e. The van der Waals surface area contributed by atoms with Gasteiger partial charge in [0.05, 0.1) is 13.2 Å². The zero-order chi connectivity index (χ0) is 23.4. The first-order valence-corrected chi connectivity index (χ1v) is 13.8. The fourth-order valence-corrected chi connectivity index (χ4v) is 8.37. The van der Waals surface area contributed by atoms with Crippen LogP contribution < -0.4 is 10.1 Å². The number of anilines is 1. The van der Waals surface area contributed by atoms with Crippen LogP contribution in [0.15, 0.2) is 42.5 Å². The number of nitrogens with zero attached hydrogens (tertiary/aromatic N) is 1. The average molecular weight is 475 g/mol. The van der Waals surface area contributed by atoms with Crippen molar-refractivity contribution in [3.05, 3.63) is 53.6 Å². The molecule has 5 aliphatic rings. The summed E-state index contributed by atoms with van der Waals surface area (Å²) < 4.78 is 12.3. The third-order valence-corrected chi connectivity index (χ3v) is 10.0. The number of phenolic OH excluding ortho intramolecular Hbond substituents is 1. The molecule has 0 radical (unpaired) electrons. The van der Waals surface area contributed by atoms with Gasteiger partial charge in [0.2, 0.25) is 0 Å². The van der Waals surface area contributed by atoms with E-state index in [-0.39, 0.29) is 6.10 Å². The van der Waals surface area contributed by atoms with Crippen LogP contribution in [0, 0.1) is 23.2 Å². The van der Waals surface area contributed by atoms with E-state index < -0.39 is 0 Å². The number of phenols is 1. The molecule has 186 valence electrons. The molecule has 0 bridgehead atoms. The molecule has 5 nitrogen and oxygen atoms in total. The van der Waals surface area contributed by atoms with Gasteiger partial charge < -0.3 is 19.9 Å². The average Bonchev–Trinajstić information content (AvgIpc) is 3.45. The molecular formula is C30H38N2O3. The standard InChI is InChI=1S/C30H38N2O3/c33-23-5-9-25-20(17-23)1-8-26-27-10-2-21-18-30(21,27)19-28(29(25)26)35-24-6-3-22(4-7-24)31-11-12-32-13-15-34-16-14-32/h3-7,9,17,21,26-29,31,33H,1-2,8,10-16,18-19H2/t21?,26-,27?,28-,29+,30?/m0/s1. The van der Waals surface area contributed by atoms with Crippen molar-refractivity contribution in [1.82, 2.24) is 4.90 Å². The second-order valence-corrected chi connectivity index (χ2v) is 11.7. The van der Waals surface area contributed by atoms with Crippen molar-refractivity contribution < 1.29 is 14.6 Å². The Labute approximate surface area is 208 Å². The van der Waals surface area contributed by atoms with Crippen molar-refractivity contribution in [3.63, 3.8) is 0 Å². The number of hydrogen-bond acceptors (Lipinski definition) is 5. The van der Waals surface area contributed by atoms with Crippen LogP contribution in [0.4, 0.5) is 5.69 Å². The Balaban J connectivity index is 1.07. The molecule has 1 heterocycles. The molecule has 7 rings (SSSR count). The van der Waals surface area contributed by atoms with Gasteiger partial charge >= 0.3 is 0 Å². The highest BCUT2D eigenvalue weighted by Gasteiger charge is 2.68. The van der Waals surface area contributed by atoms with Crippen molar-refractivity contribution in [1.29, 1.82) is 0 Å². The zero-order valence-corrected chi connectivity index (χ0v) is 20.6. The van der Waals surface area contributed by atoms with Gasteiger partial charge in [0, 0.05) is 37.8 Å². The summed E-state index contributed by atoms with van der Waals surface area (Å²) in [6.45, 7) is 5.76. The number of aryl methyl sites for hydroxylation is 1. The molecule has 6 atom stereocenters. The normalized spacial score (nSPS) is 35.4. The van der Waals surface area contributed by atoms with Crippen LogP contribution in [-0.2, 0) is 11.2 Å². The first kappa shape index (κ1) is 22.0. The number of hydrogen-bond donors (Lipinski definition) is 2. The van der Waals surface area contributed by atoms with E-state index in [0.717, 1.165) is 75.0 Å². The molecule has 1 aliphatic heterocycles. The number of rotatable bonds is 6. The Kier molecular flexibility index (Phi) is 5.47. The maximum Gasteiger partial charge on any atom is 0.119 e. The summed E-state index contributed by atoms with van der Waals surface area (Å²) >= 11 is 0. The van der Waals surface area contributed by atoms with E-state index in [4.69, 9.17) is 9.47 Å². The number of nitrogens with one attached hydrogen (secondary N) is 1. The van der Waals surface area contributed by atoms with E-state index in [1.54, 1.807) is 0 Å². The maximum atomic E-state index is 10.1. The van der Waals surface area contributed by atoms with E-state index in [0.29, 0.717) is 17.1 Å². The maximum absolute atomic E-state index is 10.1. The van der Waals surface area contributed by atoms with Gasteiger partial charge in [0.1, 0.15) is 17.6 Å². The van der Waals surface area contributed by atoms with Crippen LogP contribution in [-0.4, -0.2) is 55.5 Å². The van der Waals surface area contributed by atoms with E-state index in [1.165, 1.54) is 43.2 Å². The largest absolute Gasteiger partial charge is 0.508 e. The molecular weight excluding hydrogens is 436 g/mol. The highest BCUT2D eigenvalue weighted by atomic mass is 16.5.